The molecule has 170 valence electrons. The van der Waals surface area contributed by atoms with Gasteiger partial charge in [-0.2, -0.15) is 0 Å². The van der Waals surface area contributed by atoms with Gasteiger partial charge in [-0.3, -0.25) is 9.59 Å². The van der Waals surface area contributed by atoms with Gasteiger partial charge in [0.2, 0.25) is 11.8 Å². The summed E-state index contributed by atoms with van der Waals surface area (Å²) in [5.74, 6) is 0.254. The summed E-state index contributed by atoms with van der Waals surface area (Å²) in [7, 11) is 1.55. The van der Waals surface area contributed by atoms with Crippen molar-refractivity contribution in [3.63, 3.8) is 0 Å². The van der Waals surface area contributed by atoms with E-state index in [9.17, 15) is 14.4 Å². The summed E-state index contributed by atoms with van der Waals surface area (Å²) >= 11 is 0. The number of methoxy groups -OCH3 is 1. The van der Waals surface area contributed by atoms with Crippen LogP contribution in [0.3, 0.4) is 0 Å². The second-order valence-electron chi connectivity index (χ2n) is 8.33. The first-order chi connectivity index (χ1) is 16.0. The lowest BCUT2D eigenvalue weighted by Crippen LogP contribution is -2.65. The Hall–Kier alpha value is -4.01. The Labute approximate surface area is 190 Å². The number of piperazine rings is 1. The van der Waals surface area contributed by atoms with Crippen LogP contribution in [0.1, 0.15) is 12.0 Å². The molecule has 2 fully saturated rings. The van der Waals surface area contributed by atoms with Crippen molar-refractivity contribution in [1.82, 2.24) is 20.5 Å². The highest BCUT2D eigenvalue weighted by Crippen LogP contribution is 2.26. The fourth-order valence-corrected chi connectivity index (χ4v) is 4.73. The predicted molar refractivity (Wildman–Crippen MR) is 123 cm³/mol. The zero-order valence-electron chi connectivity index (χ0n) is 18.1. The molecule has 2 aromatic carbocycles. The summed E-state index contributed by atoms with van der Waals surface area (Å²) < 4.78 is 5.17. The van der Waals surface area contributed by atoms with E-state index in [2.05, 4.69) is 20.9 Å². The molecule has 5 rings (SSSR count). The van der Waals surface area contributed by atoms with Crippen molar-refractivity contribution in [2.24, 2.45) is 0 Å². The van der Waals surface area contributed by atoms with Gasteiger partial charge in [0.25, 0.3) is 0 Å². The molecule has 0 unspecified atom stereocenters. The van der Waals surface area contributed by atoms with E-state index in [0.29, 0.717) is 30.8 Å². The minimum absolute atomic E-state index is 0.123. The number of para-hydroxylation sites is 1. The topological polar surface area (TPSA) is 116 Å². The number of aromatic nitrogens is 1. The first-order valence-corrected chi connectivity index (χ1v) is 10.9. The summed E-state index contributed by atoms with van der Waals surface area (Å²) in [6.45, 7) is 0.422. The van der Waals surface area contributed by atoms with Gasteiger partial charge in [-0.1, -0.05) is 24.3 Å². The third-order valence-electron chi connectivity index (χ3n) is 6.31. The SMILES string of the molecule is COc1cccc(NC(=O)N[C@H]2CCN3C(=O)[C@@H](Cc4c[nH]c5ccccc45)NC(=O)[C@H]23)c1. The maximum Gasteiger partial charge on any atom is 0.319 e. The molecule has 1 aromatic heterocycles. The van der Waals surface area contributed by atoms with E-state index in [1.807, 2.05) is 30.5 Å². The summed E-state index contributed by atoms with van der Waals surface area (Å²) in [5.41, 5.74) is 2.55. The zero-order chi connectivity index (χ0) is 22.9. The van der Waals surface area contributed by atoms with E-state index in [1.54, 1.807) is 36.3 Å². The molecule has 2 saturated heterocycles. The molecule has 3 heterocycles. The standard InChI is InChI=1S/C24H25N5O4/c1-33-16-6-4-5-15(12-16)26-24(32)28-19-9-10-29-21(19)22(30)27-20(23(29)31)11-14-13-25-18-8-3-2-7-17(14)18/h2-8,12-13,19-21,25H,9-11H2,1H3,(H,27,30)(H2,26,28,32)/t19-,20+,21-/m0/s1. The summed E-state index contributed by atoms with van der Waals surface area (Å²) in [5, 5.41) is 9.52. The lowest BCUT2D eigenvalue weighted by molar-refractivity contribution is -0.147. The number of H-pyrrole nitrogens is 1. The predicted octanol–water partition coefficient (Wildman–Crippen LogP) is 2.01. The highest BCUT2D eigenvalue weighted by atomic mass is 16.5. The summed E-state index contributed by atoms with van der Waals surface area (Å²) in [6, 6.07) is 12.6. The van der Waals surface area contributed by atoms with Crippen LogP contribution < -0.4 is 20.7 Å². The van der Waals surface area contributed by atoms with Crippen molar-refractivity contribution in [3.8, 4) is 5.75 Å². The van der Waals surface area contributed by atoms with Crippen molar-refractivity contribution in [3.05, 3.63) is 60.3 Å². The van der Waals surface area contributed by atoms with Crippen LogP contribution in [0.4, 0.5) is 10.5 Å². The van der Waals surface area contributed by atoms with Gasteiger partial charge in [-0.15, -0.1) is 0 Å². The zero-order valence-corrected chi connectivity index (χ0v) is 18.1. The molecule has 3 aromatic rings. The van der Waals surface area contributed by atoms with Gasteiger partial charge in [0.05, 0.1) is 13.2 Å². The Kier molecular flexibility index (Phi) is 5.37. The Morgan fingerprint density at radius 3 is 2.88 bits per heavy atom. The third kappa shape index (κ3) is 3.97. The van der Waals surface area contributed by atoms with E-state index >= 15 is 0 Å². The number of rotatable bonds is 5. The molecule has 2 aliphatic heterocycles. The maximum absolute atomic E-state index is 13.2. The maximum atomic E-state index is 13.2. The van der Waals surface area contributed by atoms with E-state index < -0.39 is 24.2 Å². The van der Waals surface area contributed by atoms with Crippen LogP contribution >= 0.6 is 0 Å². The third-order valence-corrected chi connectivity index (χ3v) is 6.31. The number of anilines is 1. The second kappa shape index (κ2) is 8.50. The Morgan fingerprint density at radius 1 is 1.18 bits per heavy atom. The first kappa shape index (κ1) is 20.9. The number of carbonyl (C=O) groups is 3. The second-order valence-corrected chi connectivity index (χ2v) is 8.33. The minimum atomic E-state index is -0.715. The average Bonchev–Trinajstić information content (AvgIpc) is 3.42. The van der Waals surface area contributed by atoms with Crippen LogP contribution in [0.5, 0.6) is 5.75 Å². The molecular formula is C24H25N5O4. The van der Waals surface area contributed by atoms with E-state index in [1.165, 1.54) is 0 Å². The quantitative estimate of drug-likeness (QED) is 0.479. The molecule has 9 heteroatoms. The monoisotopic (exact) mass is 447 g/mol. The number of nitrogens with one attached hydrogen (secondary N) is 4. The van der Waals surface area contributed by atoms with Crippen LogP contribution in [0.2, 0.25) is 0 Å². The molecule has 4 amide bonds. The summed E-state index contributed by atoms with van der Waals surface area (Å²) in [6.07, 6.45) is 2.80. The molecule has 0 bridgehead atoms. The fraction of sp³-hybridized carbons (Fsp3) is 0.292. The number of amides is 4. The molecule has 0 radical (unpaired) electrons. The van der Waals surface area contributed by atoms with Crippen molar-refractivity contribution in [1.29, 1.82) is 0 Å². The number of ether oxygens (including phenoxy) is 1. The van der Waals surface area contributed by atoms with Gasteiger partial charge in [0.1, 0.15) is 17.8 Å². The van der Waals surface area contributed by atoms with E-state index in [0.717, 1.165) is 16.5 Å². The molecule has 0 saturated carbocycles. The number of carbonyl (C=O) groups excluding carboxylic acids is 3. The van der Waals surface area contributed by atoms with E-state index in [4.69, 9.17) is 4.74 Å². The highest BCUT2D eigenvalue weighted by molar-refractivity contribution is 5.99. The number of nitrogens with zero attached hydrogens (tertiary/aromatic N) is 1. The molecule has 2 aliphatic rings. The van der Waals surface area contributed by atoms with Gasteiger partial charge in [-0.25, -0.2) is 4.79 Å². The van der Waals surface area contributed by atoms with Crippen LogP contribution in [0.15, 0.2) is 54.7 Å². The molecule has 3 atom stereocenters. The average molecular weight is 447 g/mol. The number of fused-ring (bicyclic) bond motifs is 2. The number of benzene rings is 2. The normalized spacial score (nSPS) is 22.1. The lowest BCUT2D eigenvalue weighted by atomic mass is 9.99. The molecule has 9 nitrogen and oxygen atoms in total. The molecule has 4 N–H and O–H groups in total. The number of aromatic amines is 1. The smallest absolute Gasteiger partial charge is 0.319 e. The highest BCUT2D eigenvalue weighted by Gasteiger charge is 2.48. The van der Waals surface area contributed by atoms with Crippen LogP contribution in [-0.2, 0) is 16.0 Å². The van der Waals surface area contributed by atoms with Crippen LogP contribution in [-0.4, -0.2) is 59.5 Å². The summed E-state index contributed by atoms with van der Waals surface area (Å²) in [4.78, 5) is 43.5. The van der Waals surface area contributed by atoms with Gasteiger partial charge in [-0.05, 0) is 30.2 Å². The van der Waals surface area contributed by atoms with Crippen molar-refractivity contribution in [2.75, 3.05) is 19.0 Å². The van der Waals surface area contributed by atoms with Gasteiger partial charge < -0.3 is 30.6 Å². The fourth-order valence-electron chi connectivity index (χ4n) is 4.73. The van der Waals surface area contributed by atoms with Gasteiger partial charge in [0, 0.05) is 41.8 Å². The van der Waals surface area contributed by atoms with Crippen LogP contribution in [0, 0.1) is 0 Å². The first-order valence-electron chi connectivity index (χ1n) is 10.9. The van der Waals surface area contributed by atoms with Crippen molar-refractivity contribution < 1.29 is 19.1 Å². The number of hydrogen-bond acceptors (Lipinski definition) is 4. The van der Waals surface area contributed by atoms with Gasteiger partial charge >= 0.3 is 6.03 Å². The van der Waals surface area contributed by atoms with Crippen LogP contribution in [0.25, 0.3) is 10.9 Å². The Bertz CT molecular complexity index is 1220. The molecule has 0 aliphatic carbocycles. The molecule has 33 heavy (non-hydrogen) atoms. The number of hydrogen-bond donors (Lipinski definition) is 4. The van der Waals surface area contributed by atoms with Crippen molar-refractivity contribution >= 4 is 34.4 Å². The molecule has 0 spiro atoms. The Balaban J connectivity index is 1.25. The van der Waals surface area contributed by atoms with Crippen molar-refractivity contribution in [2.45, 2.75) is 31.0 Å². The molecular weight excluding hydrogens is 422 g/mol. The lowest BCUT2D eigenvalue weighted by Gasteiger charge is -2.36. The van der Waals surface area contributed by atoms with Gasteiger partial charge in [0.15, 0.2) is 0 Å². The number of urea groups is 1. The Morgan fingerprint density at radius 2 is 2.03 bits per heavy atom. The van der Waals surface area contributed by atoms with E-state index in [-0.39, 0.29) is 11.8 Å². The largest absolute Gasteiger partial charge is 0.497 e. The minimum Gasteiger partial charge on any atom is -0.497 e.